The number of alkyl halides is 3. The van der Waals surface area contributed by atoms with Gasteiger partial charge in [0.1, 0.15) is 0 Å². The van der Waals surface area contributed by atoms with Crippen molar-refractivity contribution >= 4 is 17.7 Å². The van der Waals surface area contributed by atoms with Crippen LogP contribution in [0.3, 0.4) is 0 Å². The molecular weight excluding hydrogens is 359 g/mol. The summed E-state index contributed by atoms with van der Waals surface area (Å²) in [5.41, 5.74) is -0.856. The molecule has 0 aromatic rings. The van der Waals surface area contributed by atoms with Crippen LogP contribution in [0.4, 0.5) is 13.2 Å². The van der Waals surface area contributed by atoms with Crippen molar-refractivity contribution in [3.63, 3.8) is 0 Å². The van der Waals surface area contributed by atoms with Gasteiger partial charge in [0.05, 0.1) is 4.91 Å². The fourth-order valence-corrected chi connectivity index (χ4v) is 4.54. The zero-order chi connectivity index (χ0) is 20.1. The summed E-state index contributed by atoms with van der Waals surface area (Å²) in [6.45, 7) is 12.7. The molecule has 1 aliphatic rings. The van der Waals surface area contributed by atoms with Crippen LogP contribution in [-0.4, -0.2) is 18.1 Å². The largest absolute Gasteiger partial charge is 0.413 e. The van der Waals surface area contributed by atoms with Gasteiger partial charge in [0.25, 0.3) is 5.91 Å². The summed E-state index contributed by atoms with van der Waals surface area (Å²) >= 11 is 0.805. The van der Waals surface area contributed by atoms with E-state index < -0.39 is 17.7 Å². The molecule has 0 aliphatic heterocycles. The normalized spacial score (nSPS) is 23.4. The molecule has 0 aromatic carbocycles. The van der Waals surface area contributed by atoms with Crippen LogP contribution in [0.25, 0.3) is 0 Å². The lowest BCUT2D eigenvalue weighted by molar-refractivity contribution is -0.119. The van der Waals surface area contributed by atoms with Crippen molar-refractivity contribution < 1.29 is 18.0 Å². The van der Waals surface area contributed by atoms with Crippen LogP contribution in [-0.2, 0) is 4.79 Å². The summed E-state index contributed by atoms with van der Waals surface area (Å²) < 4.78 is 39.5. The second-order valence-electron chi connectivity index (χ2n) is 7.89. The Morgan fingerprint density at radius 2 is 1.77 bits per heavy atom. The van der Waals surface area contributed by atoms with Gasteiger partial charge in [-0.15, -0.1) is 0 Å². The van der Waals surface area contributed by atoms with Crippen LogP contribution in [0.5, 0.6) is 0 Å². The van der Waals surface area contributed by atoms with E-state index in [4.69, 9.17) is 0 Å². The summed E-state index contributed by atoms with van der Waals surface area (Å²) in [5.74, 6) is 0.689. The summed E-state index contributed by atoms with van der Waals surface area (Å²) in [7, 11) is 0. The van der Waals surface area contributed by atoms with Gasteiger partial charge in [-0.1, -0.05) is 52.0 Å². The number of rotatable bonds is 7. The summed E-state index contributed by atoms with van der Waals surface area (Å²) in [6, 6.07) is -0.0632. The molecule has 1 fully saturated rings. The zero-order valence-electron chi connectivity index (χ0n) is 16.5. The first-order chi connectivity index (χ1) is 11.9. The second kappa shape index (κ2) is 9.86. The Morgan fingerprint density at radius 1 is 1.19 bits per heavy atom. The van der Waals surface area contributed by atoms with Crippen LogP contribution >= 0.6 is 11.8 Å². The number of nitrogens with one attached hydrogen (secondary N) is 1. The molecule has 0 aromatic heterocycles. The molecule has 26 heavy (non-hydrogen) atoms. The molecule has 1 rings (SSSR count). The van der Waals surface area contributed by atoms with Gasteiger partial charge in [-0.2, -0.15) is 13.2 Å². The van der Waals surface area contributed by atoms with E-state index in [1.807, 2.05) is 0 Å². The summed E-state index contributed by atoms with van der Waals surface area (Å²) in [5, 5.41) is 2.92. The summed E-state index contributed by atoms with van der Waals surface area (Å²) in [6.07, 6.45) is 0.498. The Labute approximate surface area is 160 Å². The van der Waals surface area contributed by atoms with Crippen LogP contribution in [0, 0.1) is 17.8 Å². The van der Waals surface area contributed by atoms with Crippen molar-refractivity contribution in [2.45, 2.75) is 78.9 Å². The molecule has 0 saturated heterocycles. The fraction of sp³-hybridized carbons (Fsp3) is 0.750. The van der Waals surface area contributed by atoms with Crippen molar-refractivity contribution in [3.8, 4) is 0 Å². The molecule has 1 saturated carbocycles. The Morgan fingerprint density at radius 3 is 2.27 bits per heavy atom. The zero-order valence-corrected chi connectivity index (χ0v) is 17.3. The highest BCUT2D eigenvalue weighted by molar-refractivity contribution is 8.07. The molecule has 0 bridgehead atoms. The van der Waals surface area contributed by atoms with Crippen molar-refractivity contribution in [2.75, 3.05) is 0 Å². The summed E-state index contributed by atoms with van der Waals surface area (Å²) in [4.78, 5) is 12.9. The van der Waals surface area contributed by atoms with Crippen molar-refractivity contribution in [1.29, 1.82) is 0 Å². The minimum atomic E-state index is -4.52. The third kappa shape index (κ3) is 7.01. The number of carbonyl (C=O) groups excluding carboxylic acids is 1. The van der Waals surface area contributed by atoms with E-state index in [1.54, 1.807) is 6.92 Å². The van der Waals surface area contributed by atoms with Crippen LogP contribution in [0.15, 0.2) is 22.0 Å². The van der Waals surface area contributed by atoms with Gasteiger partial charge < -0.3 is 5.32 Å². The maximum atomic E-state index is 13.2. The van der Waals surface area contributed by atoms with Crippen molar-refractivity contribution in [2.24, 2.45) is 17.8 Å². The number of amides is 1. The molecule has 3 atom stereocenters. The quantitative estimate of drug-likeness (QED) is 0.506. The van der Waals surface area contributed by atoms with Gasteiger partial charge in [-0.05, 0) is 55.8 Å². The van der Waals surface area contributed by atoms with Crippen molar-refractivity contribution in [1.82, 2.24) is 5.32 Å². The van der Waals surface area contributed by atoms with E-state index in [0.717, 1.165) is 50.8 Å². The standard InChI is InChI=1S/C20H32F3NOS/c1-12(2)11-14(5)16-9-7-8-10-17(16)24-19(25)18(26-13(3)4)15(6)20(21,22)23/h12,14,16-17H,3,7-11H2,1-2,4-6H3,(H,24,25)/b18-15+. The van der Waals surface area contributed by atoms with Crippen LogP contribution in [0.1, 0.15) is 66.7 Å². The number of thioether (sulfide) groups is 1. The van der Waals surface area contributed by atoms with Crippen LogP contribution in [0.2, 0.25) is 0 Å². The molecule has 2 nitrogen and oxygen atoms in total. The van der Waals surface area contributed by atoms with E-state index in [2.05, 4.69) is 32.7 Å². The highest BCUT2D eigenvalue weighted by Crippen LogP contribution is 2.37. The molecule has 150 valence electrons. The second-order valence-corrected chi connectivity index (χ2v) is 9.20. The predicted octanol–water partition coefficient (Wildman–Crippen LogP) is 6.45. The lowest BCUT2D eigenvalue weighted by Gasteiger charge is -2.37. The Bertz CT molecular complexity index is 540. The third-order valence-electron chi connectivity index (χ3n) is 4.96. The molecule has 0 heterocycles. The number of hydrogen-bond donors (Lipinski definition) is 1. The highest BCUT2D eigenvalue weighted by atomic mass is 32.2. The maximum Gasteiger partial charge on any atom is 0.413 e. The minimum absolute atomic E-state index is 0.0632. The van der Waals surface area contributed by atoms with Gasteiger partial charge in [-0.25, -0.2) is 0 Å². The van der Waals surface area contributed by atoms with E-state index in [0.29, 0.717) is 22.7 Å². The SMILES string of the molecule is C=C(C)S/C(C(=O)NC1CCCCC1C(C)CC(C)C)=C(\C)C(F)(F)F. The molecule has 1 aliphatic carbocycles. The Hall–Kier alpha value is -0.910. The lowest BCUT2D eigenvalue weighted by atomic mass is 9.74. The Kier molecular flexibility index (Phi) is 8.77. The minimum Gasteiger partial charge on any atom is -0.349 e. The predicted molar refractivity (Wildman–Crippen MR) is 104 cm³/mol. The van der Waals surface area contributed by atoms with Gasteiger partial charge in [-0.3, -0.25) is 4.79 Å². The molecule has 6 heteroatoms. The van der Waals surface area contributed by atoms with E-state index >= 15 is 0 Å². The van der Waals surface area contributed by atoms with Gasteiger partial charge in [0.2, 0.25) is 0 Å². The number of halogens is 3. The highest BCUT2D eigenvalue weighted by Gasteiger charge is 2.37. The van der Waals surface area contributed by atoms with E-state index in [9.17, 15) is 18.0 Å². The number of carbonyl (C=O) groups is 1. The molecule has 1 amide bonds. The van der Waals surface area contributed by atoms with Gasteiger partial charge in [0.15, 0.2) is 0 Å². The van der Waals surface area contributed by atoms with E-state index in [-0.39, 0.29) is 10.9 Å². The molecule has 3 unspecified atom stereocenters. The monoisotopic (exact) mass is 391 g/mol. The average Bonchev–Trinajstić information content (AvgIpc) is 2.50. The maximum absolute atomic E-state index is 13.2. The fourth-order valence-electron chi connectivity index (χ4n) is 3.77. The Balaban J connectivity index is 3.00. The van der Waals surface area contributed by atoms with Crippen molar-refractivity contribution in [3.05, 3.63) is 22.0 Å². The van der Waals surface area contributed by atoms with Gasteiger partial charge in [0, 0.05) is 11.6 Å². The number of hydrogen-bond acceptors (Lipinski definition) is 2. The lowest BCUT2D eigenvalue weighted by Crippen LogP contribution is -2.45. The first kappa shape index (κ1) is 23.1. The molecule has 0 radical (unpaired) electrons. The first-order valence-corrected chi connectivity index (χ1v) is 10.2. The molecule has 1 N–H and O–H groups in total. The van der Waals surface area contributed by atoms with E-state index in [1.165, 1.54) is 0 Å². The van der Waals surface area contributed by atoms with Crippen LogP contribution < -0.4 is 5.32 Å². The number of allylic oxidation sites excluding steroid dienone is 2. The first-order valence-electron chi connectivity index (χ1n) is 9.35. The topological polar surface area (TPSA) is 29.1 Å². The third-order valence-corrected chi connectivity index (χ3v) is 6.00. The van der Waals surface area contributed by atoms with Gasteiger partial charge >= 0.3 is 6.18 Å². The average molecular weight is 392 g/mol. The molecule has 0 spiro atoms. The smallest absolute Gasteiger partial charge is 0.349 e. The molecular formula is C20H32F3NOS.